The van der Waals surface area contributed by atoms with Gasteiger partial charge in [-0.1, -0.05) is 13.8 Å². The molecule has 1 amide bonds. The zero-order valence-corrected chi connectivity index (χ0v) is 17.4. The number of carboxylic acid groups (broad SMARTS) is 1. The zero-order chi connectivity index (χ0) is 23.0. The SMILES string of the molecule is CC(C)CC(=O)N1Cc2cccn2CC(OCc2ccncc2)C1.O=C(O)C(F)(F)F. The van der Waals surface area contributed by atoms with Crippen molar-refractivity contribution in [3.05, 3.63) is 54.1 Å². The number of amides is 1. The monoisotopic (exact) mass is 441 g/mol. The number of carboxylic acids is 1. The topological polar surface area (TPSA) is 84.7 Å². The summed E-state index contributed by atoms with van der Waals surface area (Å²) in [6.07, 6.45) is 1.09. The summed E-state index contributed by atoms with van der Waals surface area (Å²) >= 11 is 0. The third-order valence-corrected chi connectivity index (χ3v) is 4.51. The summed E-state index contributed by atoms with van der Waals surface area (Å²) in [5.41, 5.74) is 2.27. The first kappa shape index (κ1) is 24.4. The predicted octanol–water partition coefficient (Wildman–Crippen LogP) is 3.49. The first-order valence-corrected chi connectivity index (χ1v) is 9.78. The van der Waals surface area contributed by atoms with Crippen molar-refractivity contribution in [2.45, 2.75) is 52.2 Å². The highest BCUT2D eigenvalue weighted by Crippen LogP contribution is 2.18. The Balaban J connectivity index is 0.000000423. The molecule has 0 radical (unpaired) electrons. The number of halogens is 3. The molecule has 1 atom stereocenters. The predicted molar refractivity (Wildman–Crippen MR) is 106 cm³/mol. The van der Waals surface area contributed by atoms with Crippen LogP contribution < -0.4 is 0 Å². The molecule has 1 aliphatic heterocycles. The van der Waals surface area contributed by atoms with E-state index >= 15 is 0 Å². The molecule has 0 spiro atoms. The Morgan fingerprint density at radius 3 is 2.45 bits per heavy atom. The van der Waals surface area contributed by atoms with Crippen LogP contribution in [-0.2, 0) is 34.0 Å². The van der Waals surface area contributed by atoms with Gasteiger partial charge in [0.2, 0.25) is 5.91 Å². The molecule has 1 N–H and O–H groups in total. The van der Waals surface area contributed by atoms with Crippen molar-refractivity contribution in [1.82, 2.24) is 14.5 Å². The molecule has 0 fully saturated rings. The van der Waals surface area contributed by atoms with E-state index in [9.17, 15) is 18.0 Å². The maximum Gasteiger partial charge on any atom is 0.490 e. The fourth-order valence-corrected chi connectivity index (χ4v) is 3.02. The number of aromatic nitrogens is 2. The van der Waals surface area contributed by atoms with Crippen molar-refractivity contribution in [1.29, 1.82) is 0 Å². The van der Waals surface area contributed by atoms with Crippen molar-refractivity contribution in [2.24, 2.45) is 5.92 Å². The van der Waals surface area contributed by atoms with E-state index in [-0.39, 0.29) is 12.0 Å². The van der Waals surface area contributed by atoms with Gasteiger partial charge in [-0.3, -0.25) is 9.78 Å². The van der Waals surface area contributed by atoms with Crippen LogP contribution in [0.15, 0.2) is 42.9 Å². The molecule has 31 heavy (non-hydrogen) atoms. The molecular formula is C21H26F3N3O4. The molecule has 2 aromatic heterocycles. The van der Waals surface area contributed by atoms with E-state index in [0.29, 0.717) is 32.0 Å². The van der Waals surface area contributed by atoms with Gasteiger partial charge >= 0.3 is 12.1 Å². The van der Waals surface area contributed by atoms with Crippen LogP contribution in [0.3, 0.4) is 0 Å². The van der Waals surface area contributed by atoms with Crippen LogP contribution in [-0.4, -0.2) is 50.3 Å². The van der Waals surface area contributed by atoms with E-state index in [1.54, 1.807) is 12.4 Å². The Bertz CT molecular complexity index is 853. The summed E-state index contributed by atoms with van der Waals surface area (Å²) in [5, 5.41) is 7.12. The van der Waals surface area contributed by atoms with Crippen LogP contribution in [0, 0.1) is 5.92 Å². The number of rotatable bonds is 5. The van der Waals surface area contributed by atoms with Gasteiger partial charge in [0.1, 0.15) is 0 Å². The lowest BCUT2D eigenvalue weighted by Crippen LogP contribution is -2.37. The molecule has 0 saturated carbocycles. The van der Waals surface area contributed by atoms with Crippen molar-refractivity contribution in [3.63, 3.8) is 0 Å². The standard InChI is InChI=1S/C19H25N3O2.C2HF3O2/c1-15(2)10-19(23)22-11-17-4-3-9-21(17)12-18(13-22)24-14-16-5-7-20-8-6-16;3-2(4,5)1(6)7/h3-9,15,18H,10-14H2,1-2H3;(H,6,7). The molecule has 1 unspecified atom stereocenters. The highest BCUT2D eigenvalue weighted by Gasteiger charge is 2.38. The van der Waals surface area contributed by atoms with Crippen LogP contribution in [0.2, 0.25) is 0 Å². The van der Waals surface area contributed by atoms with E-state index in [2.05, 4.69) is 35.7 Å². The quantitative estimate of drug-likeness (QED) is 0.768. The van der Waals surface area contributed by atoms with Crippen LogP contribution in [0.25, 0.3) is 0 Å². The second-order valence-corrected chi connectivity index (χ2v) is 7.62. The lowest BCUT2D eigenvalue weighted by Gasteiger charge is -2.25. The van der Waals surface area contributed by atoms with Crippen molar-refractivity contribution in [3.8, 4) is 0 Å². The highest BCUT2D eigenvalue weighted by molar-refractivity contribution is 5.76. The summed E-state index contributed by atoms with van der Waals surface area (Å²) in [5.74, 6) is -2.19. The molecule has 10 heteroatoms. The molecule has 0 bridgehead atoms. The Hall–Kier alpha value is -2.88. The number of ether oxygens (including phenoxy) is 1. The van der Waals surface area contributed by atoms with Crippen molar-refractivity contribution < 1.29 is 32.6 Å². The molecule has 170 valence electrons. The molecule has 0 aromatic carbocycles. The van der Waals surface area contributed by atoms with E-state index in [4.69, 9.17) is 14.6 Å². The minimum absolute atomic E-state index is 0.0112. The summed E-state index contributed by atoms with van der Waals surface area (Å²) < 4.78 is 40.0. The maximum atomic E-state index is 12.6. The molecule has 0 aliphatic carbocycles. The van der Waals surface area contributed by atoms with Crippen LogP contribution >= 0.6 is 0 Å². The molecular weight excluding hydrogens is 415 g/mol. The lowest BCUT2D eigenvalue weighted by atomic mass is 10.1. The van der Waals surface area contributed by atoms with Gasteiger partial charge < -0.3 is 19.3 Å². The first-order valence-electron chi connectivity index (χ1n) is 9.78. The smallest absolute Gasteiger partial charge is 0.475 e. The first-order chi connectivity index (χ1) is 14.6. The lowest BCUT2D eigenvalue weighted by molar-refractivity contribution is -0.192. The van der Waals surface area contributed by atoms with Gasteiger partial charge in [-0.15, -0.1) is 0 Å². The second kappa shape index (κ2) is 10.9. The van der Waals surface area contributed by atoms with E-state index in [1.807, 2.05) is 23.1 Å². The van der Waals surface area contributed by atoms with Crippen LogP contribution in [0.5, 0.6) is 0 Å². The molecule has 3 heterocycles. The number of aliphatic carboxylic acids is 1. The third kappa shape index (κ3) is 8.05. The Labute approximate surface area is 178 Å². The second-order valence-electron chi connectivity index (χ2n) is 7.62. The molecule has 3 rings (SSSR count). The van der Waals surface area contributed by atoms with Gasteiger partial charge in [0.05, 0.1) is 25.8 Å². The van der Waals surface area contributed by atoms with E-state index in [0.717, 1.165) is 12.1 Å². The van der Waals surface area contributed by atoms with Crippen LogP contribution in [0.4, 0.5) is 13.2 Å². The summed E-state index contributed by atoms with van der Waals surface area (Å²) in [4.78, 5) is 27.4. The number of fused-ring (bicyclic) bond motifs is 1. The van der Waals surface area contributed by atoms with Gasteiger partial charge in [-0.25, -0.2) is 4.79 Å². The Morgan fingerprint density at radius 2 is 1.87 bits per heavy atom. The average Bonchev–Trinajstić information content (AvgIpc) is 3.04. The van der Waals surface area contributed by atoms with Gasteiger partial charge in [0, 0.05) is 37.3 Å². The van der Waals surface area contributed by atoms with Gasteiger partial charge in [-0.05, 0) is 35.7 Å². The molecule has 7 nitrogen and oxygen atoms in total. The van der Waals surface area contributed by atoms with Crippen molar-refractivity contribution >= 4 is 11.9 Å². The number of pyridine rings is 1. The van der Waals surface area contributed by atoms with Gasteiger partial charge in [0.25, 0.3) is 0 Å². The Morgan fingerprint density at radius 1 is 1.23 bits per heavy atom. The van der Waals surface area contributed by atoms with E-state index < -0.39 is 12.1 Å². The Kier molecular flexibility index (Phi) is 8.61. The molecule has 0 saturated heterocycles. The summed E-state index contributed by atoms with van der Waals surface area (Å²) in [7, 11) is 0. The number of carbonyl (C=O) groups is 2. The average molecular weight is 441 g/mol. The minimum atomic E-state index is -5.08. The number of hydrogen-bond donors (Lipinski definition) is 1. The van der Waals surface area contributed by atoms with Crippen LogP contribution in [0.1, 0.15) is 31.5 Å². The number of hydrogen-bond acceptors (Lipinski definition) is 4. The van der Waals surface area contributed by atoms with Gasteiger partial charge in [0.15, 0.2) is 0 Å². The number of alkyl halides is 3. The highest BCUT2D eigenvalue weighted by atomic mass is 19.4. The molecule has 1 aliphatic rings. The summed E-state index contributed by atoms with van der Waals surface area (Å²) in [6.45, 7) is 6.77. The summed E-state index contributed by atoms with van der Waals surface area (Å²) in [6, 6.07) is 8.03. The van der Waals surface area contributed by atoms with Gasteiger partial charge in [-0.2, -0.15) is 13.2 Å². The van der Waals surface area contributed by atoms with E-state index in [1.165, 1.54) is 5.69 Å². The third-order valence-electron chi connectivity index (χ3n) is 4.51. The fraction of sp³-hybridized carbons (Fsp3) is 0.476. The fourth-order valence-electron chi connectivity index (χ4n) is 3.02. The minimum Gasteiger partial charge on any atom is -0.475 e. The number of nitrogens with zero attached hydrogens (tertiary/aromatic N) is 3. The maximum absolute atomic E-state index is 12.6. The number of carbonyl (C=O) groups excluding carboxylic acids is 1. The molecule has 2 aromatic rings. The zero-order valence-electron chi connectivity index (χ0n) is 17.4. The normalized spacial score (nSPS) is 16.2. The van der Waals surface area contributed by atoms with Crippen molar-refractivity contribution in [2.75, 3.05) is 6.54 Å². The largest absolute Gasteiger partial charge is 0.490 e.